The standard InChI is InChI=1S/C12H8Br4S/c1-6-2-3-7(8(13)4-6)11(15)10-5-9(14)12(16)17-10/h2-5,11H,1H3. The van der Waals surface area contributed by atoms with E-state index in [2.05, 4.69) is 94.9 Å². The molecule has 1 aromatic heterocycles. The zero-order valence-electron chi connectivity index (χ0n) is 8.81. The molecule has 17 heavy (non-hydrogen) atoms. The largest absolute Gasteiger partial charge is 0.131 e. The topological polar surface area (TPSA) is 0 Å². The Kier molecular flexibility index (Phi) is 4.92. The van der Waals surface area contributed by atoms with Crippen LogP contribution in [0, 0.1) is 6.92 Å². The van der Waals surface area contributed by atoms with E-state index in [0.717, 1.165) is 12.7 Å². The Morgan fingerprint density at radius 2 is 1.76 bits per heavy atom. The lowest BCUT2D eigenvalue weighted by Crippen LogP contribution is -1.91. The number of hydrogen-bond donors (Lipinski definition) is 0. The smallest absolute Gasteiger partial charge is 0.0843 e. The van der Waals surface area contributed by atoms with Gasteiger partial charge >= 0.3 is 0 Å². The number of thiophene rings is 1. The molecule has 0 N–H and O–H groups in total. The summed E-state index contributed by atoms with van der Waals surface area (Å²) in [5.74, 6) is 0. The molecule has 0 aliphatic carbocycles. The lowest BCUT2D eigenvalue weighted by atomic mass is 10.1. The average Bonchev–Trinajstić information content (AvgIpc) is 2.58. The van der Waals surface area contributed by atoms with Crippen molar-refractivity contribution in [3.8, 4) is 0 Å². The molecule has 2 aromatic rings. The minimum absolute atomic E-state index is 0.213. The van der Waals surface area contributed by atoms with Crippen molar-refractivity contribution in [2.45, 2.75) is 11.8 Å². The van der Waals surface area contributed by atoms with E-state index in [0.29, 0.717) is 0 Å². The van der Waals surface area contributed by atoms with Crippen LogP contribution in [0.1, 0.15) is 20.8 Å². The van der Waals surface area contributed by atoms with Crippen LogP contribution < -0.4 is 0 Å². The van der Waals surface area contributed by atoms with Crippen molar-refractivity contribution in [3.63, 3.8) is 0 Å². The van der Waals surface area contributed by atoms with Gasteiger partial charge in [-0.3, -0.25) is 0 Å². The molecule has 0 radical (unpaired) electrons. The van der Waals surface area contributed by atoms with E-state index in [1.54, 1.807) is 11.3 Å². The fourth-order valence-electron chi connectivity index (χ4n) is 1.48. The van der Waals surface area contributed by atoms with E-state index in [9.17, 15) is 0 Å². The monoisotopic (exact) mass is 500 g/mol. The third-order valence-electron chi connectivity index (χ3n) is 2.34. The first-order valence-electron chi connectivity index (χ1n) is 4.84. The van der Waals surface area contributed by atoms with Gasteiger partial charge in [0.15, 0.2) is 0 Å². The van der Waals surface area contributed by atoms with Gasteiger partial charge in [0, 0.05) is 13.8 Å². The third kappa shape index (κ3) is 3.24. The fraction of sp³-hybridized carbons (Fsp3) is 0.167. The van der Waals surface area contributed by atoms with Crippen LogP contribution in [-0.4, -0.2) is 0 Å². The summed E-state index contributed by atoms with van der Waals surface area (Å²) in [4.78, 5) is 1.48. The first-order chi connectivity index (χ1) is 7.99. The second kappa shape index (κ2) is 5.87. The summed E-state index contributed by atoms with van der Waals surface area (Å²) in [6.45, 7) is 2.09. The van der Waals surface area contributed by atoms with Crippen LogP contribution in [0.2, 0.25) is 0 Å². The average molecular weight is 504 g/mol. The number of benzene rings is 1. The molecule has 0 bridgehead atoms. The number of aryl methyl sites for hydroxylation is 1. The Balaban J connectivity index is 2.39. The Labute approximate surface area is 138 Å². The summed E-state index contributed by atoms with van der Waals surface area (Å²) >= 11 is 16.2. The second-order valence-corrected chi connectivity index (χ2v) is 8.68. The van der Waals surface area contributed by atoms with Crippen molar-refractivity contribution in [1.29, 1.82) is 0 Å². The minimum atomic E-state index is 0.213. The summed E-state index contributed by atoms with van der Waals surface area (Å²) < 4.78 is 3.37. The zero-order chi connectivity index (χ0) is 12.6. The van der Waals surface area contributed by atoms with Gasteiger partial charge in [-0.15, -0.1) is 11.3 Å². The van der Waals surface area contributed by atoms with Crippen LogP contribution >= 0.6 is 75.1 Å². The van der Waals surface area contributed by atoms with Crippen molar-refractivity contribution in [1.82, 2.24) is 0 Å². The Morgan fingerprint density at radius 1 is 1.06 bits per heavy atom. The second-order valence-electron chi connectivity index (χ2n) is 3.66. The number of hydrogen-bond acceptors (Lipinski definition) is 1. The van der Waals surface area contributed by atoms with Gasteiger partial charge in [0.1, 0.15) is 0 Å². The molecule has 1 unspecified atom stereocenters. The Bertz CT molecular complexity index is 528. The van der Waals surface area contributed by atoms with Gasteiger partial charge in [-0.1, -0.05) is 44.0 Å². The Morgan fingerprint density at radius 3 is 2.29 bits per heavy atom. The SMILES string of the molecule is Cc1ccc(C(Br)c2cc(Br)c(Br)s2)c(Br)c1. The van der Waals surface area contributed by atoms with Gasteiger partial charge in [0.05, 0.1) is 8.61 Å². The van der Waals surface area contributed by atoms with Crippen LogP contribution in [-0.2, 0) is 0 Å². The molecule has 2 rings (SSSR count). The molecule has 0 saturated carbocycles. The quantitative estimate of drug-likeness (QED) is 0.394. The molecule has 0 fully saturated rings. The summed E-state index contributed by atoms with van der Waals surface area (Å²) in [5, 5.41) is 0. The lowest BCUT2D eigenvalue weighted by molar-refractivity contribution is 1.20. The van der Waals surface area contributed by atoms with Crippen molar-refractivity contribution in [2.24, 2.45) is 0 Å². The molecule has 0 spiro atoms. The molecule has 0 aliphatic heterocycles. The minimum Gasteiger partial charge on any atom is -0.131 e. The van der Waals surface area contributed by atoms with Crippen molar-refractivity contribution in [2.75, 3.05) is 0 Å². The molecule has 1 aromatic carbocycles. The predicted molar refractivity (Wildman–Crippen MR) is 89.4 cm³/mol. The van der Waals surface area contributed by atoms with Crippen LogP contribution in [0.4, 0.5) is 0 Å². The highest BCUT2D eigenvalue weighted by atomic mass is 79.9. The molecule has 1 atom stereocenters. The highest BCUT2D eigenvalue weighted by Crippen LogP contribution is 2.43. The van der Waals surface area contributed by atoms with E-state index >= 15 is 0 Å². The number of rotatable bonds is 2. The fourth-order valence-corrected chi connectivity index (χ4v) is 5.41. The molecule has 0 nitrogen and oxygen atoms in total. The number of halogens is 4. The summed E-state index contributed by atoms with van der Waals surface area (Å²) in [7, 11) is 0. The molecule has 0 aliphatic rings. The van der Waals surface area contributed by atoms with Crippen molar-refractivity contribution < 1.29 is 0 Å². The highest BCUT2D eigenvalue weighted by Gasteiger charge is 2.17. The molecule has 5 heteroatoms. The number of alkyl halides is 1. The first kappa shape index (κ1) is 14.3. The van der Waals surface area contributed by atoms with Crippen molar-refractivity contribution >= 4 is 75.1 Å². The lowest BCUT2D eigenvalue weighted by Gasteiger charge is -2.11. The van der Waals surface area contributed by atoms with E-state index in [-0.39, 0.29) is 4.83 Å². The van der Waals surface area contributed by atoms with Gasteiger partial charge < -0.3 is 0 Å². The maximum Gasteiger partial charge on any atom is 0.0843 e. The van der Waals surface area contributed by atoms with Gasteiger partial charge in [0.2, 0.25) is 0 Å². The molecule has 0 saturated heterocycles. The van der Waals surface area contributed by atoms with Gasteiger partial charge in [0.25, 0.3) is 0 Å². The zero-order valence-corrected chi connectivity index (χ0v) is 16.0. The summed E-state index contributed by atoms with van der Waals surface area (Å²) in [6, 6.07) is 8.56. The maximum atomic E-state index is 3.76. The molecule has 1 heterocycles. The van der Waals surface area contributed by atoms with Crippen LogP contribution in [0.15, 0.2) is 37.0 Å². The van der Waals surface area contributed by atoms with E-state index in [4.69, 9.17) is 0 Å². The normalized spacial score (nSPS) is 12.8. The first-order valence-corrected chi connectivity index (χ1v) is 8.95. The van der Waals surface area contributed by atoms with E-state index in [1.807, 2.05) is 0 Å². The van der Waals surface area contributed by atoms with E-state index < -0.39 is 0 Å². The van der Waals surface area contributed by atoms with Crippen LogP contribution in [0.5, 0.6) is 0 Å². The molecular formula is C12H8Br4S. The van der Waals surface area contributed by atoms with Crippen LogP contribution in [0.3, 0.4) is 0 Å². The van der Waals surface area contributed by atoms with Gasteiger partial charge in [-0.25, -0.2) is 0 Å². The van der Waals surface area contributed by atoms with E-state index in [1.165, 1.54) is 16.0 Å². The van der Waals surface area contributed by atoms with Crippen LogP contribution in [0.25, 0.3) is 0 Å². The van der Waals surface area contributed by atoms with Gasteiger partial charge in [-0.05, 0) is 62.0 Å². The molecule has 0 amide bonds. The highest BCUT2D eigenvalue weighted by molar-refractivity contribution is 9.13. The summed E-state index contributed by atoms with van der Waals surface area (Å²) in [6.07, 6.45) is 0. The summed E-state index contributed by atoms with van der Waals surface area (Å²) in [5.41, 5.74) is 2.51. The maximum absolute atomic E-state index is 3.76. The predicted octanol–water partition coefficient (Wildman–Crippen LogP) is 6.83. The molecule has 90 valence electrons. The van der Waals surface area contributed by atoms with Crippen molar-refractivity contribution in [3.05, 3.63) is 53.0 Å². The van der Waals surface area contributed by atoms with Gasteiger partial charge in [-0.2, -0.15) is 0 Å². The Hall–Kier alpha value is 0.840. The molecular weight excluding hydrogens is 496 g/mol. The third-order valence-corrected chi connectivity index (χ3v) is 7.64.